The monoisotopic (exact) mass is 190 g/mol. The fourth-order valence-electron chi connectivity index (χ4n) is 0.601. The minimum Gasteiger partial charge on any atom is -0.325 e. The van der Waals surface area contributed by atoms with E-state index in [1.165, 1.54) is 12.3 Å². The largest absolute Gasteiger partial charge is 0.325 e. The molecule has 0 amide bonds. The molecule has 1 heterocycles. The van der Waals surface area contributed by atoms with Crippen LogP contribution in [0, 0.1) is 4.77 Å². The number of hydrogen-bond acceptors (Lipinski definition) is 3. The number of rotatable bonds is 1. The Labute approximate surface area is 70.1 Å². The van der Waals surface area contributed by atoms with Crippen LogP contribution in [0.25, 0.3) is 0 Å². The summed E-state index contributed by atoms with van der Waals surface area (Å²) in [5.74, 6) is 0. The summed E-state index contributed by atoms with van der Waals surface area (Å²) in [6, 6.07) is 1.23. The van der Waals surface area contributed by atoms with Crippen molar-refractivity contribution in [2.24, 2.45) is 0 Å². The molecule has 0 saturated carbocycles. The maximum Gasteiger partial charge on any atom is 0.252 e. The van der Waals surface area contributed by atoms with Gasteiger partial charge in [0.1, 0.15) is 5.03 Å². The minimum absolute atomic E-state index is 0.197. The van der Waals surface area contributed by atoms with Crippen molar-refractivity contribution in [3.8, 4) is 0 Å². The average Bonchev–Trinajstić information content (AvgIpc) is 1.85. The van der Waals surface area contributed by atoms with E-state index in [1.54, 1.807) is 0 Å². The Bertz CT molecular complexity index is 364. The molecule has 0 aliphatic rings. The van der Waals surface area contributed by atoms with E-state index in [0.717, 1.165) is 0 Å². The van der Waals surface area contributed by atoms with E-state index < -0.39 is 10.8 Å². The van der Waals surface area contributed by atoms with Crippen LogP contribution >= 0.6 is 12.2 Å². The molecule has 0 bridgehead atoms. The van der Waals surface area contributed by atoms with Gasteiger partial charge < -0.3 is 4.98 Å². The summed E-state index contributed by atoms with van der Waals surface area (Å²) >= 11 is 4.66. The second kappa shape index (κ2) is 3.10. The summed E-state index contributed by atoms with van der Waals surface area (Å²) < 4.78 is 11.0. The lowest BCUT2D eigenvalue weighted by Crippen LogP contribution is -2.08. The van der Waals surface area contributed by atoms with Crippen molar-refractivity contribution >= 4 is 23.0 Å². The van der Waals surface area contributed by atoms with E-state index in [1.807, 2.05) is 0 Å². The second-order valence-electron chi connectivity index (χ2n) is 1.91. The smallest absolute Gasteiger partial charge is 0.252 e. The topological polar surface area (TPSA) is 65.7 Å². The van der Waals surface area contributed by atoms with Crippen LogP contribution in [0.15, 0.2) is 15.9 Å². The maximum absolute atomic E-state index is 10.8. The van der Waals surface area contributed by atoms with Crippen molar-refractivity contribution in [1.82, 2.24) is 9.97 Å². The van der Waals surface area contributed by atoms with Crippen LogP contribution < -0.4 is 5.56 Å². The highest BCUT2D eigenvalue weighted by Crippen LogP contribution is 1.93. The predicted octanol–water partition coefficient (Wildman–Crippen LogP) is 0.170. The summed E-state index contributed by atoms with van der Waals surface area (Å²) in [5, 5.41) is 0.346. The fraction of sp³-hybridized carbons (Fsp3) is 0.200. The minimum atomic E-state index is -1.19. The van der Waals surface area contributed by atoms with Gasteiger partial charge in [0.15, 0.2) is 4.77 Å². The molecule has 0 aromatic carbocycles. The Morgan fingerprint density at radius 3 is 2.64 bits per heavy atom. The number of hydrogen-bond donors (Lipinski definition) is 2. The SMILES string of the molecule is CS(=O)c1cc(=O)[nH]c(=S)[nH]1. The zero-order valence-corrected chi connectivity index (χ0v) is 7.34. The summed E-state index contributed by atoms with van der Waals surface area (Å²) in [4.78, 5) is 15.7. The van der Waals surface area contributed by atoms with E-state index in [-0.39, 0.29) is 10.3 Å². The van der Waals surface area contributed by atoms with Crippen LogP contribution in [0.4, 0.5) is 0 Å². The van der Waals surface area contributed by atoms with Gasteiger partial charge in [0.05, 0.1) is 10.8 Å². The Kier molecular flexibility index (Phi) is 2.35. The molecule has 0 radical (unpaired) electrons. The molecule has 2 N–H and O–H groups in total. The molecule has 0 spiro atoms. The number of aromatic nitrogens is 2. The van der Waals surface area contributed by atoms with Gasteiger partial charge in [-0.25, -0.2) is 0 Å². The van der Waals surface area contributed by atoms with Gasteiger partial charge in [0.2, 0.25) is 0 Å². The van der Waals surface area contributed by atoms with E-state index in [2.05, 4.69) is 22.2 Å². The van der Waals surface area contributed by atoms with Gasteiger partial charge in [0.25, 0.3) is 5.56 Å². The average molecular weight is 190 g/mol. The van der Waals surface area contributed by atoms with Gasteiger partial charge in [-0.3, -0.25) is 14.0 Å². The summed E-state index contributed by atoms with van der Waals surface area (Å²) in [5.41, 5.74) is -0.334. The van der Waals surface area contributed by atoms with E-state index >= 15 is 0 Å². The molecule has 0 saturated heterocycles. The molecule has 0 fully saturated rings. The van der Waals surface area contributed by atoms with Crippen molar-refractivity contribution in [3.05, 3.63) is 21.2 Å². The maximum atomic E-state index is 10.8. The van der Waals surface area contributed by atoms with Gasteiger partial charge in [-0.15, -0.1) is 0 Å². The third kappa shape index (κ3) is 2.09. The molecule has 4 nitrogen and oxygen atoms in total. The Balaban J connectivity index is 3.42. The first-order valence-electron chi connectivity index (χ1n) is 2.76. The van der Waals surface area contributed by atoms with Gasteiger partial charge in [-0.2, -0.15) is 0 Å². The zero-order valence-electron chi connectivity index (χ0n) is 5.71. The lowest BCUT2D eigenvalue weighted by atomic mass is 10.7. The second-order valence-corrected chi connectivity index (χ2v) is 3.66. The van der Waals surface area contributed by atoms with Crippen molar-refractivity contribution in [3.63, 3.8) is 0 Å². The standard InChI is InChI=1S/C5H6N2O2S2/c1-11(9)4-2-3(8)6-5(10)7-4/h2H,1H3,(H2,6,7,8,10). The Hall–Kier alpha value is -0.750. The molecule has 1 aromatic rings. The van der Waals surface area contributed by atoms with Crippen molar-refractivity contribution in [2.45, 2.75) is 5.03 Å². The molecular formula is C5H6N2O2S2. The quantitative estimate of drug-likeness (QED) is 0.490. The Morgan fingerprint density at radius 1 is 1.55 bits per heavy atom. The van der Waals surface area contributed by atoms with E-state index in [0.29, 0.717) is 5.03 Å². The van der Waals surface area contributed by atoms with Gasteiger partial charge in [-0.1, -0.05) is 0 Å². The summed E-state index contributed by atoms with van der Waals surface area (Å²) in [6.45, 7) is 0. The van der Waals surface area contributed by atoms with Gasteiger partial charge in [0, 0.05) is 12.3 Å². The molecule has 0 aliphatic carbocycles. The third-order valence-electron chi connectivity index (χ3n) is 1.05. The van der Waals surface area contributed by atoms with Crippen molar-refractivity contribution in [2.75, 3.05) is 6.26 Å². The van der Waals surface area contributed by atoms with Crippen LogP contribution in [0.3, 0.4) is 0 Å². The summed E-state index contributed by atoms with van der Waals surface area (Å²) in [7, 11) is -1.19. The zero-order chi connectivity index (χ0) is 8.43. The van der Waals surface area contributed by atoms with E-state index in [4.69, 9.17) is 0 Å². The molecule has 1 aromatic heterocycles. The lowest BCUT2D eigenvalue weighted by molar-refractivity contribution is 0.683. The predicted molar refractivity (Wildman–Crippen MR) is 44.6 cm³/mol. The van der Waals surface area contributed by atoms with Crippen LogP contribution in [-0.2, 0) is 10.8 Å². The highest BCUT2D eigenvalue weighted by atomic mass is 32.2. The number of H-pyrrole nitrogens is 2. The number of aromatic amines is 2. The Morgan fingerprint density at radius 2 is 2.18 bits per heavy atom. The highest BCUT2D eigenvalue weighted by Gasteiger charge is 1.97. The lowest BCUT2D eigenvalue weighted by Gasteiger charge is -1.93. The van der Waals surface area contributed by atoms with Gasteiger partial charge in [-0.05, 0) is 12.2 Å². The van der Waals surface area contributed by atoms with Gasteiger partial charge >= 0.3 is 0 Å². The van der Waals surface area contributed by atoms with Crippen molar-refractivity contribution in [1.29, 1.82) is 0 Å². The van der Waals surface area contributed by atoms with Crippen LogP contribution in [0.2, 0.25) is 0 Å². The highest BCUT2D eigenvalue weighted by molar-refractivity contribution is 7.84. The fourth-order valence-corrected chi connectivity index (χ4v) is 1.40. The van der Waals surface area contributed by atoms with E-state index in [9.17, 15) is 9.00 Å². The third-order valence-corrected chi connectivity index (χ3v) is 2.09. The molecule has 0 aliphatic heterocycles. The van der Waals surface area contributed by atoms with Crippen LogP contribution in [-0.4, -0.2) is 20.4 Å². The number of nitrogens with one attached hydrogen (secondary N) is 2. The first-order chi connectivity index (χ1) is 5.09. The molecule has 6 heteroatoms. The first-order valence-corrected chi connectivity index (χ1v) is 4.73. The normalized spacial score (nSPS) is 12.8. The molecule has 1 rings (SSSR count). The molecular weight excluding hydrogens is 184 g/mol. The molecule has 1 unspecified atom stereocenters. The van der Waals surface area contributed by atoms with Crippen molar-refractivity contribution < 1.29 is 4.21 Å². The van der Waals surface area contributed by atoms with Crippen LogP contribution in [0.1, 0.15) is 0 Å². The first kappa shape index (κ1) is 8.35. The summed E-state index contributed by atoms with van der Waals surface area (Å²) in [6.07, 6.45) is 1.47. The molecule has 60 valence electrons. The van der Waals surface area contributed by atoms with Crippen LogP contribution in [0.5, 0.6) is 0 Å². The molecule has 11 heavy (non-hydrogen) atoms. The molecule has 1 atom stereocenters.